The van der Waals surface area contributed by atoms with Gasteiger partial charge < -0.3 is 5.11 Å². The Morgan fingerprint density at radius 3 is 2.68 bits per heavy atom. The van der Waals surface area contributed by atoms with Crippen LogP contribution in [0.1, 0.15) is 19.3 Å². The van der Waals surface area contributed by atoms with Crippen molar-refractivity contribution in [3.63, 3.8) is 0 Å². The lowest BCUT2D eigenvalue weighted by Crippen LogP contribution is -2.34. The lowest BCUT2D eigenvalue weighted by molar-refractivity contribution is -0.141. The average molecular weight is 353 g/mol. The number of hydrogen-bond acceptors (Lipinski definition) is 5. The Kier molecular flexibility index (Phi) is 3.92. The Bertz CT molecular complexity index is 580. The molecule has 0 spiro atoms. The normalized spacial score (nSPS) is 23.7. The van der Waals surface area contributed by atoms with Crippen LogP contribution in [0, 0.1) is 5.92 Å². The molecule has 0 amide bonds. The van der Waals surface area contributed by atoms with Gasteiger partial charge in [0.2, 0.25) is 5.03 Å². The Hall–Kier alpha value is -1.00. The van der Waals surface area contributed by atoms with E-state index in [1.54, 1.807) is 0 Å². The maximum Gasteiger partial charge on any atom is 0.306 e. The summed E-state index contributed by atoms with van der Waals surface area (Å²) in [6.07, 6.45) is 1.30. The van der Waals surface area contributed by atoms with Crippen molar-refractivity contribution in [1.82, 2.24) is 19.7 Å². The Morgan fingerprint density at radius 1 is 1.53 bits per heavy atom. The first kappa shape index (κ1) is 14.4. The van der Waals surface area contributed by atoms with Crippen molar-refractivity contribution in [2.75, 3.05) is 0 Å². The molecule has 1 aliphatic carbocycles. The highest BCUT2D eigenvalue weighted by molar-refractivity contribution is 9.10. The van der Waals surface area contributed by atoms with Gasteiger partial charge in [-0.2, -0.15) is 0 Å². The first-order valence-corrected chi connectivity index (χ1v) is 7.89. The molecule has 1 saturated carbocycles. The van der Waals surface area contributed by atoms with Crippen molar-refractivity contribution in [3.05, 3.63) is 4.60 Å². The zero-order valence-electron chi connectivity index (χ0n) is 10.1. The van der Waals surface area contributed by atoms with E-state index in [1.807, 2.05) is 0 Å². The van der Waals surface area contributed by atoms with Gasteiger partial charge in [0.1, 0.15) is 0 Å². The number of aromatic nitrogens is 3. The predicted octanol–water partition coefficient (Wildman–Crippen LogP) is 0.109. The van der Waals surface area contributed by atoms with Crippen LogP contribution in [0.3, 0.4) is 0 Å². The molecule has 19 heavy (non-hydrogen) atoms. The second-order valence-corrected chi connectivity index (χ2v) is 6.86. The summed E-state index contributed by atoms with van der Waals surface area (Å²) in [6.45, 7) is 0. The number of rotatable bonds is 4. The summed E-state index contributed by atoms with van der Waals surface area (Å²) in [5.74, 6) is -1.37. The summed E-state index contributed by atoms with van der Waals surface area (Å²) in [7, 11) is -2.29. The van der Waals surface area contributed by atoms with E-state index in [-0.39, 0.29) is 15.7 Å². The van der Waals surface area contributed by atoms with Gasteiger partial charge in [-0.05, 0) is 35.2 Å². The van der Waals surface area contributed by atoms with Gasteiger partial charge in [0.05, 0.1) is 5.92 Å². The molecule has 10 heteroatoms. The highest BCUT2D eigenvalue weighted by Crippen LogP contribution is 2.27. The third-order valence-corrected chi connectivity index (χ3v) is 5.50. The molecule has 0 bridgehead atoms. The minimum atomic E-state index is -3.76. The summed E-state index contributed by atoms with van der Waals surface area (Å²) >= 11 is 3.03. The van der Waals surface area contributed by atoms with Gasteiger partial charge >= 0.3 is 5.97 Å². The van der Waals surface area contributed by atoms with E-state index in [1.165, 1.54) is 7.05 Å². The quantitative estimate of drug-likeness (QED) is 0.794. The largest absolute Gasteiger partial charge is 0.481 e. The number of hydrogen-bond donors (Lipinski definition) is 2. The molecule has 2 atom stereocenters. The molecule has 106 valence electrons. The number of aryl methyl sites for hydroxylation is 1. The van der Waals surface area contributed by atoms with Crippen LogP contribution in [0.5, 0.6) is 0 Å². The van der Waals surface area contributed by atoms with Gasteiger partial charge in [0.15, 0.2) is 4.60 Å². The molecule has 0 aromatic carbocycles. The highest BCUT2D eigenvalue weighted by atomic mass is 79.9. The molecular weight excluding hydrogens is 340 g/mol. The standard InChI is InChI=1S/C9H13BrN4O4S/c1-14-8(7(10)11-13-14)19(17,18)12-6-3-2-5(4-6)9(15)16/h5-6,12H,2-4H2,1H3,(H,15,16)/t5-,6+/m1/s1. The summed E-state index contributed by atoms with van der Waals surface area (Å²) < 4.78 is 28.1. The third kappa shape index (κ3) is 2.95. The lowest BCUT2D eigenvalue weighted by atomic mass is 10.1. The van der Waals surface area contributed by atoms with Crippen LogP contribution in [0.4, 0.5) is 0 Å². The van der Waals surface area contributed by atoms with Gasteiger partial charge in [0.25, 0.3) is 10.0 Å². The third-order valence-electron chi connectivity index (χ3n) is 3.10. The number of nitrogens with one attached hydrogen (secondary N) is 1. The van der Waals surface area contributed by atoms with E-state index in [0.29, 0.717) is 19.3 Å². The molecule has 2 rings (SSSR count). The van der Waals surface area contributed by atoms with Crippen molar-refractivity contribution in [3.8, 4) is 0 Å². The average Bonchev–Trinajstić information content (AvgIpc) is 2.85. The Labute approximate surface area is 118 Å². The van der Waals surface area contributed by atoms with E-state index >= 15 is 0 Å². The molecule has 8 nitrogen and oxygen atoms in total. The molecular formula is C9H13BrN4O4S. The molecule has 0 saturated heterocycles. The number of carbonyl (C=O) groups is 1. The topological polar surface area (TPSA) is 114 Å². The number of aliphatic carboxylic acids is 1. The molecule has 1 aromatic heterocycles. The molecule has 0 radical (unpaired) electrons. The van der Waals surface area contributed by atoms with Gasteiger partial charge in [-0.1, -0.05) is 5.21 Å². The predicted molar refractivity (Wildman–Crippen MR) is 67.8 cm³/mol. The Morgan fingerprint density at radius 2 is 2.21 bits per heavy atom. The minimum absolute atomic E-state index is 0.0636. The molecule has 0 unspecified atom stereocenters. The lowest BCUT2D eigenvalue weighted by Gasteiger charge is -2.12. The number of sulfonamides is 1. The fraction of sp³-hybridized carbons (Fsp3) is 0.667. The highest BCUT2D eigenvalue weighted by Gasteiger charge is 2.34. The van der Waals surface area contributed by atoms with Crippen LogP contribution in [-0.2, 0) is 21.9 Å². The number of carboxylic acid groups (broad SMARTS) is 1. The van der Waals surface area contributed by atoms with Crippen molar-refractivity contribution < 1.29 is 18.3 Å². The number of nitrogens with zero attached hydrogens (tertiary/aromatic N) is 3. The zero-order chi connectivity index (χ0) is 14.2. The fourth-order valence-electron chi connectivity index (χ4n) is 2.20. The van der Waals surface area contributed by atoms with E-state index in [2.05, 4.69) is 31.0 Å². The van der Waals surface area contributed by atoms with Crippen LogP contribution >= 0.6 is 15.9 Å². The molecule has 1 aliphatic rings. The molecule has 1 fully saturated rings. The van der Waals surface area contributed by atoms with Crippen molar-refractivity contribution in [1.29, 1.82) is 0 Å². The SMILES string of the molecule is Cn1nnc(Br)c1S(=O)(=O)N[C@H]1CC[C@@H](C(=O)O)C1. The molecule has 1 aromatic rings. The summed E-state index contributed by atoms with van der Waals surface area (Å²) in [5, 5.41) is 16.1. The first-order valence-electron chi connectivity index (χ1n) is 5.61. The summed E-state index contributed by atoms with van der Waals surface area (Å²) in [4.78, 5) is 10.8. The van der Waals surface area contributed by atoms with Gasteiger partial charge in [-0.3, -0.25) is 4.79 Å². The maximum atomic E-state index is 12.2. The molecule has 2 N–H and O–H groups in total. The first-order chi connectivity index (χ1) is 8.81. The monoisotopic (exact) mass is 352 g/mol. The van der Waals surface area contributed by atoms with E-state index in [4.69, 9.17) is 5.11 Å². The van der Waals surface area contributed by atoms with Crippen LogP contribution < -0.4 is 4.72 Å². The van der Waals surface area contributed by atoms with E-state index < -0.39 is 21.9 Å². The van der Waals surface area contributed by atoms with Crippen LogP contribution in [-0.4, -0.2) is 40.5 Å². The molecule has 0 aliphatic heterocycles. The second kappa shape index (κ2) is 5.17. The van der Waals surface area contributed by atoms with Crippen molar-refractivity contribution >= 4 is 31.9 Å². The summed E-state index contributed by atoms with van der Waals surface area (Å²) in [5.41, 5.74) is 0. The Balaban J connectivity index is 2.13. The van der Waals surface area contributed by atoms with Crippen LogP contribution in [0.25, 0.3) is 0 Å². The van der Waals surface area contributed by atoms with Crippen molar-refractivity contribution in [2.24, 2.45) is 13.0 Å². The van der Waals surface area contributed by atoms with Gasteiger partial charge in [-0.25, -0.2) is 17.8 Å². The van der Waals surface area contributed by atoms with Gasteiger partial charge in [0, 0.05) is 13.1 Å². The minimum Gasteiger partial charge on any atom is -0.481 e. The summed E-state index contributed by atoms with van der Waals surface area (Å²) in [6, 6.07) is -0.368. The smallest absolute Gasteiger partial charge is 0.306 e. The van der Waals surface area contributed by atoms with Crippen molar-refractivity contribution in [2.45, 2.75) is 30.3 Å². The molecule has 1 heterocycles. The number of halogens is 1. The fourth-order valence-corrected chi connectivity index (χ4v) is 4.57. The van der Waals surface area contributed by atoms with E-state index in [0.717, 1.165) is 4.68 Å². The zero-order valence-corrected chi connectivity index (χ0v) is 12.5. The van der Waals surface area contributed by atoms with Crippen LogP contribution in [0.2, 0.25) is 0 Å². The van der Waals surface area contributed by atoms with Crippen LogP contribution in [0.15, 0.2) is 9.63 Å². The number of carboxylic acids is 1. The van der Waals surface area contributed by atoms with E-state index in [9.17, 15) is 13.2 Å². The van der Waals surface area contributed by atoms with Gasteiger partial charge in [-0.15, -0.1) is 5.10 Å². The second-order valence-electron chi connectivity index (χ2n) is 4.48. The maximum absolute atomic E-state index is 12.2.